The number of likely N-dealkylation sites (tertiary alicyclic amines) is 1. The molecule has 2 fully saturated rings. The van der Waals surface area contributed by atoms with Crippen molar-refractivity contribution >= 4 is 35.2 Å². The quantitative estimate of drug-likeness (QED) is 0.587. The molecule has 39 heavy (non-hydrogen) atoms. The second-order valence-corrected chi connectivity index (χ2v) is 12.3. The standard InChI is InChI=1S/C31H33N3O4S/c1-20-9-6-10-21(2)26(20)33-16-8-14-31-25(29(37)34(17-18-35)27(31)30(33)38)24-23(39-31)13-7-15-32(28(24)36)19-22-11-4-3-5-12-22/h3-14,23-25,27,35H,15-19H2,1-2H3/t23-,24+,25-,27?,31-/m0/s1. The first-order valence-electron chi connectivity index (χ1n) is 13.5. The Kier molecular flexibility index (Phi) is 6.63. The van der Waals surface area contributed by atoms with Crippen LogP contribution < -0.4 is 4.90 Å². The second kappa shape index (κ2) is 9.99. The molecule has 0 aliphatic carbocycles. The summed E-state index contributed by atoms with van der Waals surface area (Å²) < 4.78 is -0.889. The highest BCUT2D eigenvalue weighted by molar-refractivity contribution is 8.02. The summed E-state index contributed by atoms with van der Waals surface area (Å²) in [5, 5.41) is 9.72. The average molecular weight is 544 g/mol. The van der Waals surface area contributed by atoms with E-state index in [2.05, 4.69) is 6.08 Å². The molecule has 2 aromatic rings. The molecule has 1 spiro atoms. The lowest BCUT2D eigenvalue weighted by Crippen LogP contribution is -2.54. The van der Waals surface area contributed by atoms with Gasteiger partial charge in [0.05, 0.1) is 23.2 Å². The number of aliphatic hydroxyl groups is 1. The van der Waals surface area contributed by atoms with Crippen LogP contribution >= 0.6 is 11.8 Å². The van der Waals surface area contributed by atoms with Crippen LogP contribution in [0.5, 0.6) is 0 Å². The minimum Gasteiger partial charge on any atom is -0.395 e. The van der Waals surface area contributed by atoms with Crippen LogP contribution in [0.25, 0.3) is 0 Å². The van der Waals surface area contributed by atoms with E-state index in [1.807, 2.05) is 85.5 Å². The number of carbonyl (C=O) groups excluding carboxylic acids is 3. The number of anilines is 1. The Morgan fingerprint density at radius 2 is 1.67 bits per heavy atom. The van der Waals surface area contributed by atoms with Gasteiger partial charge in [0.15, 0.2) is 0 Å². The van der Waals surface area contributed by atoms with Crippen molar-refractivity contribution in [3.8, 4) is 0 Å². The molecule has 1 N–H and O–H groups in total. The van der Waals surface area contributed by atoms with Gasteiger partial charge < -0.3 is 19.8 Å². The molecule has 7 nitrogen and oxygen atoms in total. The Morgan fingerprint density at radius 3 is 2.38 bits per heavy atom. The van der Waals surface area contributed by atoms with Crippen molar-refractivity contribution in [3.63, 3.8) is 0 Å². The highest BCUT2D eigenvalue weighted by Crippen LogP contribution is 2.61. The van der Waals surface area contributed by atoms with E-state index in [1.165, 1.54) is 4.90 Å². The highest BCUT2D eigenvalue weighted by Gasteiger charge is 2.71. The minimum absolute atomic E-state index is 0.0532. The first-order valence-corrected chi connectivity index (χ1v) is 14.4. The summed E-state index contributed by atoms with van der Waals surface area (Å²) in [6, 6.07) is 15.0. The van der Waals surface area contributed by atoms with Crippen molar-refractivity contribution < 1.29 is 19.5 Å². The third kappa shape index (κ3) is 4.03. The summed E-state index contributed by atoms with van der Waals surface area (Å²) >= 11 is 1.57. The van der Waals surface area contributed by atoms with Crippen molar-refractivity contribution in [2.24, 2.45) is 11.8 Å². The summed E-state index contributed by atoms with van der Waals surface area (Å²) in [5.74, 6) is -1.71. The number of para-hydroxylation sites is 1. The molecule has 3 amide bonds. The maximum absolute atomic E-state index is 14.4. The zero-order chi connectivity index (χ0) is 27.3. The molecular formula is C31H33N3O4S. The smallest absolute Gasteiger partial charge is 0.251 e. The van der Waals surface area contributed by atoms with E-state index in [0.717, 1.165) is 22.4 Å². The number of β-amino-alcohol motifs (C(OH)–C–C–N with tert-alkyl or cyclic N) is 1. The van der Waals surface area contributed by atoms with E-state index in [9.17, 15) is 19.5 Å². The van der Waals surface area contributed by atoms with E-state index in [-0.39, 0.29) is 36.1 Å². The van der Waals surface area contributed by atoms with Crippen molar-refractivity contribution in [2.45, 2.75) is 36.4 Å². The zero-order valence-electron chi connectivity index (χ0n) is 22.2. The van der Waals surface area contributed by atoms with Crippen LogP contribution in [0.15, 0.2) is 72.8 Å². The number of aliphatic hydroxyl groups excluding tert-OH is 1. The van der Waals surface area contributed by atoms with Crippen molar-refractivity contribution in [1.82, 2.24) is 9.80 Å². The predicted octanol–water partition coefficient (Wildman–Crippen LogP) is 3.09. The largest absolute Gasteiger partial charge is 0.395 e. The van der Waals surface area contributed by atoms with Gasteiger partial charge in [-0.1, -0.05) is 72.8 Å². The molecule has 5 atom stereocenters. The monoisotopic (exact) mass is 543 g/mol. The van der Waals surface area contributed by atoms with Crippen LogP contribution in [0.4, 0.5) is 5.69 Å². The third-order valence-corrected chi connectivity index (χ3v) is 10.3. The first-order chi connectivity index (χ1) is 18.9. The Morgan fingerprint density at radius 1 is 0.923 bits per heavy atom. The molecule has 0 aromatic heterocycles. The lowest BCUT2D eigenvalue weighted by molar-refractivity contribution is -0.143. The van der Waals surface area contributed by atoms with Gasteiger partial charge in [0.2, 0.25) is 11.8 Å². The zero-order valence-corrected chi connectivity index (χ0v) is 23.0. The summed E-state index contributed by atoms with van der Waals surface area (Å²) in [6.07, 6.45) is 8.08. The number of rotatable bonds is 5. The molecule has 6 rings (SSSR count). The van der Waals surface area contributed by atoms with E-state index < -0.39 is 22.6 Å². The van der Waals surface area contributed by atoms with Gasteiger partial charge in [-0.05, 0) is 30.5 Å². The fourth-order valence-electron chi connectivity index (χ4n) is 6.91. The van der Waals surface area contributed by atoms with Gasteiger partial charge in [-0.2, -0.15) is 0 Å². The van der Waals surface area contributed by atoms with Crippen LogP contribution in [0, 0.1) is 25.7 Å². The molecular weight excluding hydrogens is 510 g/mol. The Balaban J connectivity index is 1.41. The maximum atomic E-state index is 14.4. The first kappa shape index (κ1) is 25.9. The van der Waals surface area contributed by atoms with Crippen LogP contribution in [-0.2, 0) is 20.9 Å². The third-order valence-electron chi connectivity index (χ3n) is 8.51. The van der Waals surface area contributed by atoms with Crippen molar-refractivity contribution in [3.05, 3.63) is 89.5 Å². The minimum atomic E-state index is -0.889. The average Bonchev–Trinajstić information content (AvgIpc) is 3.23. The van der Waals surface area contributed by atoms with Gasteiger partial charge in [0.25, 0.3) is 5.91 Å². The fraction of sp³-hybridized carbons (Fsp3) is 0.387. The number of hydrogen-bond acceptors (Lipinski definition) is 5. The van der Waals surface area contributed by atoms with Crippen LogP contribution in [0.1, 0.15) is 16.7 Å². The fourth-order valence-corrected chi connectivity index (χ4v) is 8.92. The summed E-state index contributed by atoms with van der Waals surface area (Å²) in [7, 11) is 0. The summed E-state index contributed by atoms with van der Waals surface area (Å²) in [4.78, 5) is 47.9. The lowest BCUT2D eigenvalue weighted by Gasteiger charge is -2.35. The van der Waals surface area contributed by atoms with E-state index >= 15 is 0 Å². The van der Waals surface area contributed by atoms with Gasteiger partial charge in [0.1, 0.15) is 6.04 Å². The molecule has 0 radical (unpaired) electrons. The summed E-state index contributed by atoms with van der Waals surface area (Å²) in [6.45, 7) is 5.10. The maximum Gasteiger partial charge on any atom is 0.251 e. The molecule has 1 unspecified atom stereocenters. The van der Waals surface area contributed by atoms with Gasteiger partial charge >= 0.3 is 0 Å². The molecule has 0 saturated carbocycles. The molecule has 2 aromatic carbocycles. The molecule has 8 heteroatoms. The van der Waals surface area contributed by atoms with Gasteiger partial charge in [-0.25, -0.2) is 0 Å². The topological polar surface area (TPSA) is 81.2 Å². The SMILES string of the molecule is Cc1cccc(C)c1N1CC=C[C@]23S[C@H]4C=CCN(Cc5ccccc5)C(=O)[C@H]4[C@H]2C(=O)N(CCO)C3C1=O. The number of carbonyl (C=O) groups is 3. The molecule has 0 bridgehead atoms. The van der Waals surface area contributed by atoms with E-state index in [1.54, 1.807) is 16.7 Å². The highest BCUT2D eigenvalue weighted by atomic mass is 32.2. The van der Waals surface area contributed by atoms with Crippen LogP contribution in [-0.4, -0.2) is 74.9 Å². The van der Waals surface area contributed by atoms with Gasteiger partial charge in [0, 0.05) is 37.1 Å². The summed E-state index contributed by atoms with van der Waals surface area (Å²) in [5.41, 5.74) is 3.86. The molecule has 2 saturated heterocycles. The number of benzene rings is 2. The Hall–Kier alpha value is -3.36. The Bertz CT molecular complexity index is 1350. The molecule has 202 valence electrons. The number of amides is 3. The number of nitrogens with zero attached hydrogens (tertiary/aromatic N) is 3. The van der Waals surface area contributed by atoms with Crippen molar-refractivity contribution in [1.29, 1.82) is 0 Å². The molecule has 4 aliphatic heterocycles. The van der Waals surface area contributed by atoms with E-state index in [0.29, 0.717) is 19.6 Å². The number of hydrogen-bond donors (Lipinski definition) is 1. The molecule has 4 heterocycles. The number of aryl methyl sites for hydroxylation is 2. The van der Waals surface area contributed by atoms with Gasteiger partial charge in [-0.15, -0.1) is 11.8 Å². The van der Waals surface area contributed by atoms with Crippen molar-refractivity contribution in [2.75, 3.05) is 31.1 Å². The second-order valence-electron chi connectivity index (χ2n) is 10.8. The molecule has 4 aliphatic rings. The van der Waals surface area contributed by atoms with Crippen LogP contribution in [0.2, 0.25) is 0 Å². The Labute approximate surface area is 233 Å². The lowest BCUT2D eigenvalue weighted by atomic mass is 9.78. The van der Waals surface area contributed by atoms with Gasteiger partial charge in [-0.3, -0.25) is 14.4 Å². The normalized spacial score (nSPS) is 29.8. The van der Waals surface area contributed by atoms with E-state index in [4.69, 9.17) is 0 Å². The van der Waals surface area contributed by atoms with Crippen LogP contribution in [0.3, 0.4) is 0 Å². The number of thioether (sulfide) groups is 1. The number of fused-ring (bicyclic) bond motifs is 2. The predicted molar refractivity (Wildman–Crippen MR) is 152 cm³/mol.